The number of ether oxygens (including phenoxy) is 2. The molecule has 0 radical (unpaired) electrons. The van der Waals surface area contributed by atoms with Crippen LogP contribution in [-0.4, -0.2) is 25.8 Å². The first kappa shape index (κ1) is 15.6. The maximum atomic E-state index is 11.8. The fraction of sp³-hybridized carbons (Fsp3) is 0.176. The fourth-order valence-electron chi connectivity index (χ4n) is 1.86. The molecule has 5 nitrogen and oxygen atoms in total. The lowest BCUT2D eigenvalue weighted by Crippen LogP contribution is -2.17. The van der Waals surface area contributed by atoms with Gasteiger partial charge in [0.25, 0.3) is 5.91 Å². The quantitative estimate of drug-likeness (QED) is 0.659. The smallest absolute Gasteiger partial charge is 0.271 e. The van der Waals surface area contributed by atoms with Gasteiger partial charge in [-0.15, -0.1) is 0 Å². The number of amides is 1. The van der Waals surface area contributed by atoms with Gasteiger partial charge in [0.2, 0.25) is 0 Å². The van der Waals surface area contributed by atoms with Gasteiger partial charge in [0.1, 0.15) is 0 Å². The number of carbonyl (C=O) groups excluding carboxylic acids is 1. The van der Waals surface area contributed by atoms with Crippen LogP contribution in [0.4, 0.5) is 0 Å². The third kappa shape index (κ3) is 4.09. The van der Waals surface area contributed by atoms with E-state index in [4.69, 9.17) is 9.47 Å². The van der Waals surface area contributed by atoms with Crippen molar-refractivity contribution in [1.29, 1.82) is 0 Å². The zero-order chi connectivity index (χ0) is 15.8. The Labute approximate surface area is 129 Å². The van der Waals surface area contributed by atoms with Gasteiger partial charge in [-0.25, -0.2) is 5.43 Å². The number of carbonyl (C=O) groups is 1. The number of rotatable bonds is 6. The number of nitrogens with zero attached hydrogens (tertiary/aromatic N) is 1. The SMILES string of the molecule is CCOc1ccc(/C=N\NC(=O)c2ccccc2)cc1OC. The first-order chi connectivity index (χ1) is 10.7. The average molecular weight is 298 g/mol. The van der Waals surface area contributed by atoms with Crippen molar-refractivity contribution in [2.75, 3.05) is 13.7 Å². The maximum absolute atomic E-state index is 11.8. The summed E-state index contributed by atoms with van der Waals surface area (Å²) in [4.78, 5) is 11.8. The third-order valence-corrected chi connectivity index (χ3v) is 2.90. The largest absolute Gasteiger partial charge is 0.493 e. The van der Waals surface area contributed by atoms with E-state index in [2.05, 4.69) is 10.5 Å². The molecule has 0 saturated heterocycles. The standard InChI is InChI=1S/C17H18N2O3/c1-3-22-15-10-9-13(11-16(15)21-2)12-18-19-17(20)14-7-5-4-6-8-14/h4-12H,3H2,1-2H3,(H,19,20)/b18-12-. The Morgan fingerprint density at radius 2 is 1.95 bits per heavy atom. The van der Waals surface area contributed by atoms with Gasteiger partial charge in [0, 0.05) is 5.56 Å². The highest BCUT2D eigenvalue weighted by atomic mass is 16.5. The molecule has 2 aromatic carbocycles. The summed E-state index contributed by atoms with van der Waals surface area (Å²) in [6.07, 6.45) is 1.55. The van der Waals surface area contributed by atoms with Crippen LogP contribution in [-0.2, 0) is 0 Å². The van der Waals surface area contributed by atoms with Crippen molar-refractivity contribution in [1.82, 2.24) is 5.43 Å². The van der Waals surface area contributed by atoms with Crippen molar-refractivity contribution in [3.8, 4) is 11.5 Å². The van der Waals surface area contributed by atoms with Crippen LogP contribution in [0.15, 0.2) is 53.6 Å². The molecule has 1 N–H and O–H groups in total. The van der Waals surface area contributed by atoms with Crippen LogP contribution in [0.2, 0.25) is 0 Å². The summed E-state index contributed by atoms with van der Waals surface area (Å²) in [6, 6.07) is 14.4. The molecule has 0 unspecified atom stereocenters. The Morgan fingerprint density at radius 1 is 1.18 bits per heavy atom. The van der Waals surface area contributed by atoms with E-state index in [-0.39, 0.29) is 5.91 Å². The van der Waals surface area contributed by atoms with Crippen molar-refractivity contribution in [2.45, 2.75) is 6.92 Å². The monoisotopic (exact) mass is 298 g/mol. The van der Waals surface area contributed by atoms with Crippen molar-refractivity contribution < 1.29 is 14.3 Å². The highest BCUT2D eigenvalue weighted by Crippen LogP contribution is 2.27. The van der Waals surface area contributed by atoms with Gasteiger partial charge in [0.05, 0.1) is 19.9 Å². The predicted octanol–water partition coefficient (Wildman–Crippen LogP) is 2.86. The molecule has 114 valence electrons. The molecule has 0 spiro atoms. The van der Waals surface area contributed by atoms with E-state index in [0.717, 1.165) is 5.56 Å². The number of hydrogen-bond donors (Lipinski definition) is 1. The number of benzene rings is 2. The van der Waals surface area contributed by atoms with Crippen LogP contribution >= 0.6 is 0 Å². The molecule has 0 aliphatic rings. The van der Waals surface area contributed by atoms with Gasteiger partial charge in [-0.05, 0) is 42.8 Å². The predicted molar refractivity (Wildman–Crippen MR) is 85.7 cm³/mol. The third-order valence-electron chi connectivity index (χ3n) is 2.90. The molecule has 0 heterocycles. The van der Waals surface area contributed by atoms with Crippen molar-refractivity contribution >= 4 is 12.1 Å². The molecule has 0 atom stereocenters. The maximum Gasteiger partial charge on any atom is 0.271 e. The summed E-state index contributed by atoms with van der Waals surface area (Å²) in [7, 11) is 1.58. The summed E-state index contributed by atoms with van der Waals surface area (Å²) in [5.74, 6) is 1.05. The Bertz CT molecular complexity index is 654. The van der Waals surface area contributed by atoms with Gasteiger partial charge in [-0.3, -0.25) is 4.79 Å². The summed E-state index contributed by atoms with van der Waals surface area (Å²) >= 11 is 0. The second-order valence-corrected chi connectivity index (χ2v) is 4.41. The second kappa shape index (κ2) is 7.83. The average Bonchev–Trinajstić information content (AvgIpc) is 2.57. The Balaban J connectivity index is 2.02. The van der Waals surface area contributed by atoms with Crippen molar-refractivity contribution in [2.24, 2.45) is 5.10 Å². The number of methoxy groups -OCH3 is 1. The van der Waals surface area contributed by atoms with Crippen LogP contribution in [0.1, 0.15) is 22.8 Å². The molecule has 2 rings (SSSR count). The van der Waals surface area contributed by atoms with Crippen LogP contribution < -0.4 is 14.9 Å². The minimum absolute atomic E-state index is 0.255. The van der Waals surface area contributed by atoms with Gasteiger partial charge in [0.15, 0.2) is 11.5 Å². The number of hydrogen-bond acceptors (Lipinski definition) is 4. The summed E-state index contributed by atoms with van der Waals surface area (Å²) in [6.45, 7) is 2.48. The van der Waals surface area contributed by atoms with E-state index in [1.165, 1.54) is 0 Å². The Kier molecular flexibility index (Phi) is 5.54. The zero-order valence-electron chi connectivity index (χ0n) is 12.6. The molecule has 0 saturated carbocycles. The Hall–Kier alpha value is -2.82. The summed E-state index contributed by atoms with van der Waals surface area (Å²) in [5, 5.41) is 3.95. The topological polar surface area (TPSA) is 59.9 Å². The van der Waals surface area contributed by atoms with Crippen LogP contribution in [0.5, 0.6) is 11.5 Å². The lowest BCUT2D eigenvalue weighted by molar-refractivity contribution is 0.0955. The van der Waals surface area contributed by atoms with E-state index in [9.17, 15) is 4.79 Å². The van der Waals surface area contributed by atoms with Crippen molar-refractivity contribution in [3.63, 3.8) is 0 Å². The summed E-state index contributed by atoms with van der Waals surface area (Å²) < 4.78 is 10.7. The molecule has 5 heteroatoms. The second-order valence-electron chi connectivity index (χ2n) is 4.41. The molecule has 0 aliphatic carbocycles. The molecule has 0 aliphatic heterocycles. The molecule has 1 amide bonds. The molecule has 0 bridgehead atoms. The van der Waals surface area contributed by atoms with Crippen LogP contribution in [0.3, 0.4) is 0 Å². The summed E-state index contributed by atoms with van der Waals surface area (Å²) in [5.41, 5.74) is 3.84. The van der Waals surface area contributed by atoms with E-state index in [1.807, 2.05) is 25.1 Å². The number of nitrogens with one attached hydrogen (secondary N) is 1. The highest BCUT2D eigenvalue weighted by molar-refractivity contribution is 5.94. The number of hydrazone groups is 1. The van der Waals surface area contributed by atoms with Crippen LogP contribution in [0, 0.1) is 0 Å². The molecule has 22 heavy (non-hydrogen) atoms. The van der Waals surface area contributed by atoms with Gasteiger partial charge >= 0.3 is 0 Å². The lowest BCUT2D eigenvalue weighted by Gasteiger charge is -2.09. The molecule has 0 aromatic heterocycles. The molecular formula is C17H18N2O3. The lowest BCUT2D eigenvalue weighted by atomic mass is 10.2. The molecule has 0 fully saturated rings. The van der Waals surface area contributed by atoms with Crippen molar-refractivity contribution in [3.05, 3.63) is 59.7 Å². The van der Waals surface area contributed by atoms with E-state index in [1.54, 1.807) is 43.7 Å². The van der Waals surface area contributed by atoms with Crippen LogP contribution in [0.25, 0.3) is 0 Å². The zero-order valence-corrected chi connectivity index (χ0v) is 12.6. The molecule has 2 aromatic rings. The normalized spacial score (nSPS) is 10.5. The van der Waals surface area contributed by atoms with Gasteiger partial charge in [-0.1, -0.05) is 18.2 Å². The van der Waals surface area contributed by atoms with E-state index < -0.39 is 0 Å². The van der Waals surface area contributed by atoms with E-state index >= 15 is 0 Å². The molecular weight excluding hydrogens is 280 g/mol. The van der Waals surface area contributed by atoms with Gasteiger partial charge in [-0.2, -0.15) is 5.10 Å². The Morgan fingerprint density at radius 3 is 2.64 bits per heavy atom. The minimum atomic E-state index is -0.255. The van der Waals surface area contributed by atoms with E-state index in [0.29, 0.717) is 23.7 Å². The highest BCUT2D eigenvalue weighted by Gasteiger charge is 2.05. The van der Waals surface area contributed by atoms with Gasteiger partial charge < -0.3 is 9.47 Å². The first-order valence-corrected chi connectivity index (χ1v) is 6.94. The fourth-order valence-corrected chi connectivity index (χ4v) is 1.86. The first-order valence-electron chi connectivity index (χ1n) is 6.94. The minimum Gasteiger partial charge on any atom is -0.493 e.